The molecule has 0 saturated carbocycles. The van der Waals surface area contributed by atoms with Crippen LogP contribution in [-0.4, -0.2) is 13.0 Å². The molecule has 0 fully saturated rings. The van der Waals surface area contributed by atoms with Crippen LogP contribution in [0.1, 0.15) is 0 Å². The first-order valence-corrected chi connectivity index (χ1v) is 9.27. The smallest absolute Gasteiger partial charge is 0.282 e. The van der Waals surface area contributed by atoms with E-state index in [2.05, 4.69) is 45.2 Å². The summed E-state index contributed by atoms with van der Waals surface area (Å²) in [6.45, 7) is 0. The second-order valence-electron chi connectivity index (χ2n) is 4.33. The van der Waals surface area contributed by atoms with Gasteiger partial charge >= 0.3 is 0 Å². The van der Waals surface area contributed by atoms with Gasteiger partial charge in [-0.2, -0.15) is 8.42 Å². The van der Waals surface area contributed by atoms with Crippen LogP contribution in [0.5, 0.6) is 0 Å². The Morgan fingerprint density at radius 1 is 0.800 bits per heavy atom. The lowest BCUT2D eigenvalue weighted by atomic mass is 10.0. The Morgan fingerprint density at radius 2 is 1.35 bits per heavy atom. The van der Waals surface area contributed by atoms with E-state index >= 15 is 0 Å². The van der Waals surface area contributed by atoms with E-state index in [9.17, 15) is 13.0 Å². The summed E-state index contributed by atoms with van der Waals surface area (Å²) in [4.78, 5) is -0.0388. The van der Waals surface area contributed by atoms with Gasteiger partial charge in [-0.3, -0.25) is 4.55 Å². The van der Waals surface area contributed by atoms with E-state index in [1.807, 2.05) is 30.3 Å². The van der Waals surface area contributed by atoms with Gasteiger partial charge < -0.3 is 0 Å². The summed E-state index contributed by atoms with van der Waals surface area (Å²) in [5.41, 5.74) is 0. The number of rotatable bonds is 1. The number of hydrogen-bond donors (Lipinski definition) is 1. The molecule has 20 heavy (non-hydrogen) atoms. The van der Waals surface area contributed by atoms with Crippen LogP contribution in [0.4, 0.5) is 0 Å². The van der Waals surface area contributed by atoms with Crippen molar-refractivity contribution >= 4 is 76.8 Å². The SMILES string of the molecule is O=S(=O)(O)c1cccc2c(I)c3ccccc3c(I)c12. The average molecular weight is 510 g/mol. The van der Waals surface area contributed by atoms with Gasteiger partial charge in [-0.05, 0) is 67.4 Å². The molecule has 102 valence electrons. The lowest BCUT2D eigenvalue weighted by Crippen LogP contribution is -2.01. The van der Waals surface area contributed by atoms with E-state index in [-0.39, 0.29) is 4.90 Å². The fourth-order valence-corrected chi connectivity index (χ4v) is 5.18. The van der Waals surface area contributed by atoms with Crippen molar-refractivity contribution in [3.8, 4) is 0 Å². The molecule has 0 amide bonds. The molecule has 0 spiro atoms. The van der Waals surface area contributed by atoms with Crippen LogP contribution in [0.25, 0.3) is 21.5 Å². The molecule has 0 atom stereocenters. The third-order valence-electron chi connectivity index (χ3n) is 3.16. The van der Waals surface area contributed by atoms with E-state index in [0.29, 0.717) is 5.39 Å². The minimum absolute atomic E-state index is 0.0388. The maximum atomic E-state index is 11.6. The Kier molecular flexibility index (Phi) is 3.68. The van der Waals surface area contributed by atoms with Crippen LogP contribution in [-0.2, 0) is 10.1 Å². The quantitative estimate of drug-likeness (QED) is 0.299. The Morgan fingerprint density at radius 3 is 1.95 bits per heavy atom. The predicted molar refractivity (Wildman–Crippen MR) is 96.7 cm³/mol. The van der Waals surface area contributed by atoms with Crippen molar-refractivity contribution in [3.05, 3.63) is 49.6 Å². The topological polar surface area (TPSA) is 54.4 Å². The van der Waals surface area contributed by atoms with Gasteiger partial charge in [0.05, 0.1) is 0 Å². The molecule has 0 heterocycles. The first kappa shape index (κ1) is 14.5. The first-order chi connectivity index (χ1) is 9.41. The van der Waals surface area contributed by atoms with Gasteiger partial charge in [-0.15, -0.1) is 0 Å². The first-order valence-electron chi connectivity index (χ1n) is 5.67. The van der Waals surface area contributed by atoms with Crippen LogP contribution in [0.15, 0.2) is 47.4 Å². The van der Waals surface area contributed by atoms with Gasteiger partial charge in [0.25, 0.3) is 10.1 Å². The number of fused-ring (bicyclic) bond motifs is 2. The molecule has 0 aliphatic rings. The molecule has 3 aromatic carbocycles. The summed E-state index contributed by atoms with van der Waals surface area (Å²) in [5.74, 6) is 0. The third kappa shape index (κ3) is 2.22. The van der Waals surface area contributed by atoms with E-state index in [1.54, 1.807) is 6.07 Å². The Bertz CT molecular complexity index is 949. The van der Waals surface area contributed by atoms with Crippen molar-refractivity contribution in [2.45, 2.75) is 4.90 Å². The molecule has 0 saturated heterocycles. The zero-order valence-electron chi connectivity index (χ0n) is 9.97. The predicted octanol–water partition coefficient (Wildman–Crippen LogP) is 4.45. The zero-order chi connectivity index (χ0) is 14.5. The highest BCUT2D eigenvalue weighted by molar-refractivity contribution is 14.1. The fourth-order valence-electron chi connectivity index (χ4n) is 2.30. The molecule has 0 unspecified atom stereocenters. The van der Waals surface area contributed by atoms with Gasteiger partial charge in [-0.1, -0.05) is 36.4 Å². The van der Waals surface area contributed by atoms with Crippen molar-refractivity contribution in [1.82, 2.24) is 0 Å². The van der Waals surface area contributed by atoms with Crippen LogP contribution >= 0.6 is 45.2 Å². The summed E-state index contributed by atoms with van der Waals surface area (Å²) in [5, 5.41) is 3.49. The van der Waals surface area contributed by atoms with Crippen molar-refractivity contribution in [1.29, 1.82) is 0 Å². The summed E-state index contributed by atoms with van der Waals surface area (Å²) in [7, 11) is -4.25. The monoisotopic (exact) mass is 510 g/mol. The second kappa shape index (κ2) is 5.08. The normalized spacial score (nSPS) is 12.2. The molecular formula is C14H8I2O3S. The molecule has 0 bridgehead atoms. The van der Waals surface area contributed by atoms with Crippen molar-refractivity contribution in [3.63, 3.8) is 0 Å². The van der Waals surface area contributed by atoms with Gasteiger partial charge in [0.15, 0.2) is 0 Å². The molecule has 1 N–H and O–H groups in total. The van der Waals surface area contributed by atoms with Gasteiger partial charge in [-0.25, -0.2) is 0 Å². The number of hydrogen-bond acceptors (Lipinski definition) is 2. The molecule has 0 aliphatic carbocycles. The van der Waals surface area contributed by atoms with Crippen molar-refractivity contribution < 1.29 is 13.0 Å². The number of benzene rings is 3. The lowest BCUT2D eigenvalue weighted by Gasteiger charge is -2.12. The molecule has 0 aromatic heterocycles. The standard InChI is InChI=1S/C14H8I2O3S/c15-13-8-4-1-2-5-9(8)14(16)12-10(13)6-3-7-11(12)20(17,18)19/h1-7H,(H,17,18,19). The van der Waals surface area contributed by atoms with E-state index in [0.717, 1.165) is 23.3 Å². The van der Waals surface area contributed by atoms with E-state index in [4.69, 9.17) is 0 Å². The zero-order valence-corrected chi connectivity index (χ0v) is 15.1. The minimum atomic E-state index is -4.25. The number of halogens is 2. The second-order valence-corrected chi connectivity index (χ2v) is 7.87. The molecule has 0 radical (unpaired) electrons. The van der Waals surface area contributed by atoms with Crippen molar-refractivity contribution in [2.24, 2.45) is 0 Å². The van der Waals surface area contributed by atoms with Gasteiger partial charge in [0.1, 0.15) is 4.90 Å². The highest BCUT2D eigenvalue weighted by Gasteiger charge is 2.19. The third-order valence-corrected chi connectivity index (χ3v) is 6.34. The Labute approximate surface area is 143 Å². The summed E-state index contributed by atoms with van der Waals surface area (Å²) in [6, 6.07) is 12.8. The van der Waals surface area contributed by atoms with Crippen LogP contribution < -0.4 is 0 Å². The van der Waals surface area contributed by atoms with Crippen molar-refractivity contribution in [2.75, 3.05) is 0 Å². The maximum absolute atomic E-state index is 11.6. The van der Waals surface area contributed by atoms with E-state index in [1.165, 1.54) is 6.07 Å². The van der Waals surface area contributed by atoms with Gasteiger partial charge in [0, 0.05) is 12.5 Å². The maximum Gasteiger partial charge on any atom is 0.295 e. The summed E-state index contributed by atoms with van der Waals surface area (Å²) < 4.78 is 34.5. The van der Waals surface area contributed by atoms with Crippen LogP contribution in [0.3, 0.4) is 0 Å². The molecule has 0 aliphatic heterocycles. The fraction of sp³-hybridized carbons (Fsp3) is 0. The molecule has 3 nitrogen and oxygen atoms in total. The summed E-state index contributed by atoms with van der Waals surface area (Å²) in [6.07, 6.45) is 0. The molecular weight excluding hydrogens is 502 g/mol. The Balaban J connectivity index is 2.68. The Hall–Kier alpha value is -0.450. The van der Waals surface area contributed by atoms with E-state index < -0.39 is 10.1 Å². The summed E-state index contributed by atoms with van der Waals surface area (Å²) >= 11 is 4.36. The highest BCUT2D eigenvalue weighted by atomic mass is 127. The molecule has 3 aromatic rings. The largest absolute Gasteiger partial charge is 0.295 e. The van der Waals surface area contributed by atoms with Crippen LogP contribution in [0.2, 0.25) is 0 Å². The lowest BCUT2D eigenvalue weighted by molar-refractivity contribution is 0.484. The molecule has 6 heteroatoms. The minimum Gasteiger partial charge on any atom is -0.282 e. The highest BCUT2D eigenvalue weighted by Crippen LogP contribution is 2.37. The van der Waals surface area contributed by atoms with Crippen LogP contribution in [0, 0.1) is 7.14 Å². The molecule has 3 rings (SSSR count). The average Bonchev–Trinajstić information content (AvgIpc) is 2.43. The van der Waals surface area contributed by atoms with Gasteiger partial charge in [0.2, 0.25) is 0 Å².